The van der Waals surface area contributed by atoms with E-state index >= 15 is 0 Å². The average Bonchev–Trinajstić information content (AvgIpc) is 2.85. The topological polar surface area (TPSA) is 91.2 Å². The summed E-state index contributed by atoms with van der Waals surface area (Å²) in [5, 5.41) is 17.2. The lowest BCUT2D eigenvalue weighted by atomic mass is 9.76. The van der Waals surface area contributed by atoms with Gasteiger partial charge >= 0.3 is 0 Å². The second-order valence-corrected chi connectivity index (χ2v) is 9.69. The van der Waals surface area contributed by atoms with Crippen molar-refractivity contribution in [2.75, 3.05) is 17.7 Å². The number of carbonyl (C=O) groups is 2. The van der Waals surface area contributed by atoms with Gasteiger partial charge in [0.2, 0.25) is 5.91 Å². The summed E-state index contributed by atoms with van der Waals surface area (Å²) >= 11 is 1.29. The number of amides is 1. The van der Waals surface area contributed by atoms with E-state index in [2.05, 4.69) is 16.7 Å². The number of allylic oxidation sites excluding steroid dienone is 3. The number of nitrogens with zero attached hydrogens (tertiary/aromatic N) is 1. The van der Waals surface area contributed by atoms with E-state index in [1.54, 1.807) is 0 Å². The molecule has 0 fully saturated rings. The first-order valence-electron chi connectivity index (χ1n) is 11.8. The SMILES string of the molecule is CCOc1ccccc1[C@H]1C(C#N)=C(SCC(=O)Nc2cc(C)ccc2C)NC2=C1C(=O)CCC2. The van der Waals surface area contributed by atoms with Gasteiger partial charge in [0.15, 0.2) is 5.78 Å². The van der Waals surface area contributed by atoms with Crippen LogP contribution in [0, 0.1) is 25.2 Å². The fourth-order valence-corrected chi connectivity index (χ4v) is 5.41. The molecule has 0 saturated heterocycles. The van der Waals surface area contributed by atoms with Crippen LogP contribution in [0.2, 0.25) is 0 Å². The Morgan fingerprint density at radius 1 is 1.23 bits per heavy atom. The van der Waals surface area contributed by atoms with Gasteiger partial charge in [0.25, 0.3) is 0 Å². The molecule has 35 heavy (non-hydrogen) atoms. The molecule has 0 aromatic heterocycles. The molecule has 1 aliphatic carbocycles. The van der Waals surface area contributed by atoms with Crippen molar-refractivity contribution in [3.05, 3.63) is 81.0 Å². The molecule has 180 valence electrons. The molecule has 0 bridgehead atoms. The first kappa shape index (κ1) is 24.6. The molecule has 7 heteroatoms. The normalized spacial score (nSPS) is 17.4. The smallest absolute Gasteiger partial charge is 0.234 e. The maximum atomic E-state index is 13.0. The Hall–Kier alpha value is -3.50. The Morgan fingerprint density at radius 2 is 2.03 bits per heavy atom. The maximum absolute atomic E-state index is 13.0. The molecule has 0 radical (unpaired) electrons. The summed E-state index contributed by atoms with van der Waals surface area (Å²) in [5.74, 6) is 0.186. The zero-order valence-corrected chi connectivity index (χ0v) is 21.1. The third kappa shape index (κ3) is 5.28. The van der Waals surface area contributed by atoms with Gasteiger partial charge < -0.3 is 15.4 Å². The van der Waals surface area contributed by atoms with Gasteiger partial charge in [-0.3, -0.25) is 9.59 Å². The van der Waals surface area contributed by atoms with Crippen LogP contribution in [0.25, 0.3) is 0 Å². The molecule has 2 N–H and O–H groups in total. The number of para-hydroxylation sites is 1. The average molecular weight is 488 g/mol. The van der Waals surface area contributed by atoms with Gasteiger partial charge in [-0.05, 0) is 56.9 Å². The van der Waals surface area contributed by atoms with Crippen molar-refractivity contribution in [2.45, 2.75) is 46.0 Å². The summed E-state index contributed by atoms with van der Waals surface area (Å²) in [4.78, 5) is 25.8. The molecule has 6 nitrogen and oxygen atoms in total. The minimum absolute atomic E-state index is 0.0551. The van der Waals surface area contributed by atoms with E-state index in [-0.39, 0.29) is 17.4 Å². The van der Waals surface area contributed by atoms with Gasteiger partial charge in [-0.2, -0.15) is 5.26 Å². The minimum atomic E-state index is -0.517. The lowest BCUT2D eigenvalue weighted by molar-refractivity contribution is -0.116. The highest BCUT2D eigenvalue weighted by atomic mass is 32.2. The summed E-state index contributed by atoms with van der Waals surface area (Å²) in [6, 6.07) is 15.8. The van der Waals surface area contributed by atoms with Crippen LogP contribution >= 0.6 is 11.8 Å². The number of ketones is 1. The zero-order valence-electron chi connectivity index (χ0n) is 20.2. The molecule has 2 aliphatic rings. The van der Waals surface area contributed by atoms with Gasteiger partial charge in [-0.15, -0.1) is 0 Å². The Kier molecular flexibility index (Phi) is 7.62. The number of Topliss-reactive ketones (excluding diaryl/α,β-unsaturated/α-hetero) is 1. The van der Waals surface area contributed by atoms with Crippen LogP contribution in [-0.2, 0) is 9.59 Å². The van der Waals surface area contributed by atoms with Gasteiger partial charge in [0.1, 0.15) is 5.75 Å². The van der Waals surface area contributed by atoms with Crippen molar-refractivity contribution in [3.8, 4) is 11.8 Å². The number of rotatable bonds is 7. The van der Waals surface area contributed by atoms with E-state index in [1.165, 1.54) is 11.8 Å². The first-order valence-corrected chi connectivity index (χ1v) is 12.8. The molecule has 1 heterocycles. The van der Waals surface area contributed by atoms with Crippen molar-refractivity contribution in [1.82, 2.24) is 5.32 Å². The number of carbonyl (C=O) groups excluding carboxylic acids is 2. The number of benzene rings is 2. The molecular formula is C28H29N3O3S. The third-order valence-corrected chi connectivity index (χ3v) is 7.22. The summed E-state index contributed by atoms with van der Waals surface area (Å²) in [6.07, 6.45) is 1.95. The van der Waals surface area contributed by atoms with E-state index in [0.29, 0.717) is 35.0 Å². The molecule has 0 spiro atoms. The molecule has 1 aliphatic heterocycles. The van der Waals surface area contributed by atoms with Crippen molar-refractivity contribution >= 4 is 29.1 Å². The molecule has 4 rings (SSSR count). The number of thioether (sulfide) groups is 1. The Balaban J connectivity index is 1.66. The first-order chi connectivity index (χ1) is 16.9. The highest BCUT2D eigenvalue weighted by Gasteiger charge is 2.38. The van der Waals surface area contributed by atoms with Crippen LogP contribution < -0.4 is 15.4 Å². The van der Waals surface area contributed by atoms with Gasteiger partial charge in [0, 0.05) is 28.9 Å². The van der Waals surface area contributed by atoms with E-state index in [0.717, 1.165) is 40.9 Å². The molecule has 1 amide bonds. The number of nitriles is 1. The monoisotopic (exact) mass is 487 g/mol. The number of nitrogens with one attached hydrogen (secondary N) is 2. The lowest BCUT2D eigenvalue weighted by Crippen LogP contribution is -2.32. The van der Waals surface area contributed by atoms with Crippen LogP contribution in [0.15, 0.2) is 64.3 Å². The van der Waals surface area contributed by atoms with Crippen LogP contribution in [0.4, 0.5) is 5.69 Å². The summed E-state index contributed by atoms with van der Waals surface area (Å²) < 4.78 is 5.86. The minimum Gasteiger partial charge on any atom is -0.494 e. The third-order valence-electron chi connectivity index (χ3n) is 6.21. The molecular weight excluding hydrogens is 458 g/mol. The Morgan fingerprint density at radius 3 is 2.80 bits per heavy atom. The number of anilines is 1. The van der Waals surface area contributed by atoms with Crippen molar-refractivity contribution < 1.29 is 14.3 Å². The van der Waals surface area contributed by atoms with Crippen LogP contribution in [0.3, 0.4) is 0 Å². The van der Waals surface area contributed by atoms with Crippen LogP contribution in [0.1, 0.15) is 48.8 Å². The molecule has 1 atom stereocenters. The zero-order chi connectivity index (χ0) is 24.9. The van der Waals surface area contributed by atoms with Crippen molar-refractivity contribution in [3.63, 3.8) is 0 Å². The summed E-state index contributed by atoms with van der Waals surface area (Å²) in [7, 11) is 0. The van der Waals surface area contributed by atoms with Gasteiger partial charge in [-0.1, -0.05) is 42.1 Å². The van der Waals surface area contributed by atoms with Gasteiger partial charge in [-0.25, -0.2) is 0 Å². The standard InChI is InChI=1S/C28H29N3O3S/c1-4-34-24-11-6-5-8-19(24)26-20(15-29)28(31-21-9-7-10-23(32)27(21)26)35-16-25(33)30-22-14-17(2)12-13-18(22)3/h5-6,8,11-14,26,31H,4,7,9-10,16H2,1-3H3,(H,30,33)/t26-/m0/s1. The van der Waals surface area contributed by atoms with E-state index in [4.69, 9.17) is 4.74 Å². The molecule has 0 saturated carbocycles. The predicted molar refractivity (Wildman–Crippen MR) is 139 cm³/mol. The highest BCUT2D eigenvalue weighted by Crippen LogP contribution is 2.46. The largest absolute Gasteiger partial charge is 0.494 e. The lowest BCUT2D eigenvalue weighted by Gasteiger charge is -2.33. The number of dihydropyridines is 1. The maximum Gasteiger partial charge on any atom is 0.234 e. The Bertz CT molecular complexity index is 1270. The van der Waals surface area contributed by atoms with E-state index < -0.39 is 5.92 Å². The number of hydrogen-bond acceptors (Lipinski definition) is 6. The van der Waals surface area contributed by atoms with E-state index in [9.17, 15) is 14.9 Å². The molecule has 2 aromatic rings. The highest BCUT2D eigenvalue weighted by molar-refractivity contribution is 8.03. The summed E-state index contributed by atoms with van der Waals surface area (Å²) in [6.45, 7) is 6.33. The summed E-state index contributed by atoms with van der Waals surface area (Å²) in [5.41, 5.74) is 5.57. The molecule has 0 unspecified atom stereocenters. The van der Waals surface area contributed by atoms with Gasteiger partial charge in [0.05, 0.1) is 34.9 Å². The fraction of sp³-hybridized carbons (Fsp3) is 0.321. The number of aryl methyl sites for hydroxylation is 2. The van der Waals surface area contributed by atoms with Crippen molar-refractivity contribution in [1.29, 1.82) is 5.26 Å². The fourth-order valence-electron chi connectivity index (χ4n) is 4.55. The predicted octanol–water partition coefficient (Wildman–Crippen LogP) is 5.50. The van der Waals surface area contributed by atoms with E-state index in [1.807, 2.05) is 63.2 Å². The second-order valence-electron chi connectivity index (χ2n) is 8.71. The Labute approximate surface area is 210 Å². The second kappa shape index (κ2) is 10.8. The number of ether oxygens (including phenoxy) is 1. The molecule has 2 aromatic carbocycles. The van der Waals surface area contributed by atoms with Crippen LogP contribution in [-0.4, -0.2) is 24.1 Å². The number of hydrogen-bond donors (Lipinski definition) is 2. The quantitative estimate of drug-likeness (QED) is 0.536. The van der Waals surface area contributed by atoms with Crippen molar-refractivity contribution in [2.24, 2.45) is 0 Å². The van der Waals surface area contributed by atoms with Crippen LogP contribution in [0.5, 0.6) is 5.75 Å².